The second-order valence-corrected chi connectivity index (χ2v) is 13.3. The normalized spacial score (nSPS) is 50.1. The molecule has 0 saturated heterocycles. The van der Waals surface area contributed by atoms with E-state index >= 15 is 0 Å². The Morgan fingerprint density at radius 1 is 1.15 bits per heavy atom. The third-order valence-corrected chi connectivity index (χ3v) is 12.0. The van der Waals surface area contributed by atoms with Crippen molar-refractivity contribution in [2.45, 2.75) is 115 Å². The van der Waals surface area contributed by atoms with E-state index in [2.05, 4.69) is 0 Å². The summed E-state index contributed by atoms with van der Waals surface area (Å²) in [6.07, 6.45) is 1.03. The van der Waals surface area contributed by atoms with Crippen LogP contribution in [0.3, 0.4) is 0 Å². The number of aliphatic hydroxyl groups excluding tert-OH is 1. The van der Waals surface area contributed by atoms with E-state index in [1.165, 1.54) is 13.0 Å². The van der Waals surface area contributed by atoms with Crippen LogP contribution >= 0.6 is 0 Å². The standard InChI is InChI=1S/C30H42O9/c1-15-12-21(39-25(34)16(15)2)17(3)29(36)14-24(38-18(4)31)30(37)20-13-23(33)28(35)10-7-8-22(32)27(28,6)19(20)9-11-26(29,30)5/h7-8,17,19-21,23-24,33,35-37H,9-14H2,1-6H3. The molecule has 0 amide bonds. The number of carbonyl (C=O) groups excluding carboxylic acids is 3. The SMILES string of the molecule is CC(=O)OC1CC(O)(C(C)C2CC(C)=C(C)C(=O)O2)C2(C)CCC3C(CC(O)C4(O)CC=CC(=O)C34C)C12O. The van der Waals surface area contributed by atoms with Crippen molar-refractivity contribution in [2.24, 2.45) is 28.6 Å². The largest absolute Gasteiger partial charge is 0.459 e. The molecule has 4 aliphatic carbocycles. The van der Waals surface area contributed by atoms with E-state index in [1.807, 2.05) is 6.92 Å². The van der Waals surface area contributed by atoms with Crippen molar-refractivity contribution in [3.05, 3.63) is 23.3 Å². The van der Waals surface area contributed by atoms with Crippen LogP contribution in [0.2, 0.25) is 0 Å². The lowest BCUT2D eigenvalue weighted by molar-refractivity contribution is -0.291. The summed E-state index contributed by atoms with van der Waals surface area (Å²) in [7, 11) is 0. The van der Waals surface area contributed by atoms with Crippen molar-refractivity contribution in [3.63, 3.8) is 0 Å². The minimum Gasteiger partial charge on any atom is -0.459 e. The van der Waals surface area contributed by atoms with E-state index < -0.39 is 75.6 Å². The van der Waals surface area contributed by atoms with Crippen LogP contribution < -0.4 is 0 Å². The molecule has 3 fully saturated rings. The summed E-state index contributed by atoms with van der Waals surface area (Å²) in [5.41, 5.74) is -6.32. The molecule has 0 aromatic carbocycles. The third-order valence-electron chi connectivity index (χ3n) is 12.0. The lowest BCUT2D eigenvalue weighted by Gasteiger charge is -2.66. The lowest BCUT2D eigenvalue weighted by atomic mass is 9.41. The van der Waals surface area contributed by atoms with Crippen LogP contribution in [0, 0.1) is 28.6 Å². The van der Waals surface area contributed by atoms with Gasteiger partial charge < -0.3 is 29.9 Å². The van der Waals surface area contributed by atoms with Crippen LogP contribution in [-0.2, 0) is 23.9 Å². The molecule has 0 aromatic heterocycles. The van der Waals surface area contributed by atoms with Gasteiger partial charge in [0.2, 0.25) is 0 Å². The molecule has 4 N–H and O–H groups in total. The van der Waals surface area contributed by atoms with Crippen LogP contribution in [0.5, 0.6) is 0 Å². The molecule has 0 spiro atoms. The maximum Gasteiger partial charge on any atom is 0.333 e. The Hall–Kier alpha value is -2.07. The molecule has 5 aliphatic rings. The molecule has 9 heteroatoms. The fraction of sp³-hybridized carbons (Fsp3) is 0.767. The van der Waals surface area contributed by atoms with E-state index in [9.17, 15) is 34.8 Å². The predicted molar refractivity (Wildman–Crippen MR) is 139 cm³/mol. The topological polar surface area (TPSA) is 151 Å². The molecule has 11 unspecified atom stereocenters. The number of fused-ring (bicyclic) bond motifs is 5. The van der Waals surface area contributed by atoms with E-state index in [-0.39, 0.29) is 31.5 Å². The molecular weight excluding hydrogens is 504 g/mol. The molecule has 1 aliphatic heterocycles. The van der Waals surface area contributed by atoms with Crippen molar-refractivity contribution >= 4 is 17.7 Å². The molecular formula is C30H42O9. The van der Waals surface area contributed by atoms with Crippen molar-refractivity contribution in [3.8, 4) is 0 Å². The highest BCUT2D eigenvalue weighted by molar-refractivity contribution is 5.97. The zero-order chi connectivity index (χ0) is 28.9. The average Bonchev–Trinajstić information content (AvgIpc) is 3.03. The molecule has 1 heterocycles. The van der Waals surface area contributed by atoms with E-state index in [4.69, 9.17) is 9.47 Å². The Morgan fingerprint density at radius 2 is 1.82 bits per heavy atom. The van der Waals surface area contributed by atoms with Crippen LogP contribution in [0.4, 0.5) is 0 Å². The van der Waals surface area contributed by atoms with Crippen LogP contribution in [-0.4, -0.2) is 73.3 Å². The molecule has 0 aromatic rings. The van der Waals surface area contributed by atoms with Gasteiger partial charge in [-0.1, -0.05) is 25.5 Å². The Morgan fingerprint density at radius 3 is 2.44 bits per heavy atom. The quantitative estimate of drug-likeness (QED) is 0.390. The van der Waals surface area contributed by atoms with Gasteiger partial charge >= 0.3 is 11.9 Å². The number of rotatable bonds is 3. The van der Waals surface area contributed by atoms with Gasteiger partial charge in [-0.25, -0.2) is 4.79 Å². The predicted octanol–water partition coefficient (Wildman–Crippen LogP) is 2.14. The molecule has 3 saturated carbocycles. The number of esters is 2. The van der Waals surface area contributed by atoms with Gasteiger partial charge in [-0.15, -0.1) is 0 Å². The van der Waals surface area contributed by atoms with Gasteiger partial charge in [0.25, 0.3) is 0 Å². The zero-order valence-electron chi connectivity index (χ0n) is 23.7. The van der Waals surface area contributed by atoms with Crippen LogP contribution in [0.15, 0.2) is 23.3 Å². The number of ketones is 1. The van der Waals surface area contributed by atoms with Crippen molar-refractivity contribution in [1.82, 2.24) is 0 Å². The van der Waals surface area contributed by atoms with Gasteiger partial charge in [0.05, 0.1) is 17.1 Å². The molecule has 0 radical (unpaired) electrons. The van der Waals surface area contributed by atoms with Gasteiger partial charge in [0.1, 0.15) is 23.4 Å². The number of allylic oxidation sites excluding steroid dienone is 1. The van der Waals surface area contributed by atoms with Gasteiger partial charge in [-0.3, -0.25) is 9.59 Å². The summed E-state index contributed by atoms with van der Waals surface area (Å²) in [5, 5.41) is 48.4. The molecule has 9 nitrogen and oxygen atoms in total. The fourth-order valence-corrected chi connectivity index (χ4v) is 9.29. The number of cyclic esters (lactones) is 1. The van der Waals surface area contributed by atoms with Gasteiger partial charge in [-0.2, -0.15) is 0 Å². The first-order chi connectivity index (χ1) is 18.0. The summed E-state index contributed by atoms with van der Waals surface area (Å²) < 4.78 is 11.5. The minimum atomic E-state index is -1.82. The Bertz CT molecular complexity index is 1170. The first-order valence-corrected chi connectivity index (χ1v) is 14.1. The number of aliphatic hydroxyl groups is 4. The highest BCUT2D eigenvalue weighted by atomic mass is 16.6. The van der Waals surface area contributed by atoms with Crippen molar-refractivity contribution in [1.29, 1.82) is 0 Å². The average molecular weight is 547 g/mol. The van der Waals surface area contributed by atoms with E-state index in [1.54, 1.807) is 33.8 Å². The first-order valence-electron chi connectivity index (χ1n) is 14.1. The van der Waals surface area contributed by atoms with Gasteiger partial charge in [0.15, 0.2) is 5.78 Å². The second-order valence-electron chi connectivity index (χ2n) is 13.3. The minimum absolute atomic E-state index is 0.0222. The summed E-state index contributed by atoms with van der Waals surface area (Å²) in [4.78, 5) is 38.3. The second kappa shape index (κ2) is 8.71. The monoisotopic (exact) mass is 546 g/mol. The highest BCUT2D eigenvalue weighted by Crippen LogP contribution is 2.71. The Balaban J connectivity index is 1.61. The maximum absolute atomic E-state index is 13.4. The van der Waals surface area contributed by atoms with E-state index in [0.717, 1.165) is 5.57 Å². The van der Waals surface area contributed by atoms with Crippen LogP contribution in [0.1, 0.15) is 80.1 Å². The summed E-state index contributed by atoms with van der Waals surface area (Å²) in [5.74, 6) is -3.28. The smallest absolute Gasteiger partial charge is 0.333 e. The highest BCUT2D eigenvalue weighted by Gasteiger charge is 2.80. The first kappa shape index (κ1) is 28.5. The lowest BCUT2D eigenvalue weighted by Crippen LogP contribution is -2.75. The Kier molecular flexibility index (Phi) is 6.36. The molecule has 5 rings (SSSR count). The number of hydrogen-bond acceptors (Lipinski definition) is 9. The fourth-order valence-electron chi connectivity index (χ4n) is 9.29. The van der Waals surface area contributed by atoms with Crippen molar-refractivity contribution in [2.75, 3.05) is 0 Å². The van der Waals surface area contributed by atoms with E-state index in [0.29, 0.717) is 18.4 Å². The number of hydrogen-bond donors (Lipinski definition) is 4. The Labute approximate surface area is 229 Å². The maximum atomic E-state index is 13.4. The van der Waals surface area contributed by atoms with Crippen molar-refractivity contribution < 1.29 is 44.3 Å². The zero-order valence-corrected chi connectivity index (χ0v) is 23.7. The molecule has 11 atom stereocenters. The number of ether oxygens (including phenoxy) is 2. The summed E-state index contributed by atoms with van der Waals surface area (Å²) in [6, 6.07) is 0. The molecule has 216 valence electrons. The molecule has 0 bridgehead atoms. The summed E-state index contributed by atoms with van der Waals surface area (Å²) in [6.45, 7) is 10.0. The third kappa shape index (κ3) is 3.36. The molecule has 39 heavy (non-hydrogen) atoms. The van der Waals surface area contributed by atoms with Gasteiger partial charge in [-0.05, 0) is 64.4 Å². The van der Waals surface area contributed by atoms with Gasteiger partial charge in [0, 0.05) is 36.7 Å². The summed E-state index contributed by atoms with van der Waals surface area (Å²) >= 11 is 0. The van der Waals surface area contributed by atoms with Crippen LogP contribution in [0.25, 0.3) is 0 Å². The number of carbonyl (C=O) groups is 3.